The Morgan fingerprint density at radius 2 is 0.875 bits per heavy atom. The Morgan fingerprint density at radius 3 is 1.17 bits per heavy atom. The third-order valence-electron chi connectivity index (χ3n) is 4.95. The van der Waals surface area contributed by atoms with Crippen LogP contribution in [0.5, 0.6) is 0 Å². The van der Waals surface area contributed by atoms with E-state index in [0.717, 1.165) is 19.3 Å². The number of aliphatic hydroxyl groups is 1. The molecule has 0 rings (SSSR count). The van der Waals surface area contributed by atoms with E-state index in [9.17, 15) is 15.5 Å². The molecular formula is C20H44NO3+. The van der Waals surface area contributed by atoms with Crippen LogP contribution in [0.25, 0.3) is 0 Å². The molecule has 0 fully saturated rings. The highest BCUT2D eigenvalue weighted by Gasteiger charge is 2.41. The molecule has 0 aromatic heterocycles. The van der Waals surface area contributed by atoms with Crippen LogP contribution in [0, 0.1) is 0 Å². The molecule has 0 aromatic carbocycles. The highest BCUT2D eigenvalue weighted by molar-refractivity contribution is 4.50. The van der Waals surface area contributed by atoms with Crippen LogP contribution in [-0.4, -0.2) is 32.6 Å². The van der Waals surface area contributed by atoms with Gasteiger partial charge in [0.1, 0.15) is 6.54 Å². The maximum Gasteiger partial charge on any atom is 0.256 e. The van der Waals surface area contributed by atoms with Crippen molar-refractivity contribution in [2.24, 2.45) is 0 Å². The van der Waals surface area contributed by atoms with Crippen molar-refractivity contribution in [3.05, 3.63) is 0 Å². The van der Waals surface area contributed by atoms with E-state index < -0.39 is 10.5 Å². The normalized spacial score (nSPS) is 12.8. The number of hydrogen-bond donors (Lipinski definition) is 3. The Balaban J connectivity index is 3.24. The summed E-state index contributed by atoms with van der Waals surface area (Å²) in [4.78, 5) is -1.30. The monoisotopic (exact) mass is 346 g/mol. The molecule has 0 bridgehead atoms. The Labute approximate surface area is 150 Å². The molecule has 0 heterocycles. The number of rotatable bonds is 17. The van der Waals surface area contributed by atoms with Gasteiger partial charge in [0.25, 0.3) is 5.72 Å². The minimum atomic E-state index is -1.52. The maximum atomic E-state index is 9.70. The van der Waals surface area contributed by atoms with Gasteiger partial charge in [-0.1, -0.05) is 90.4 Å². The van der Waals surface area contributed by atoms with Crippen molar-refractivity contribution < 1.29 is 20.3 Å². The lowest BCUT2D eigenvalue weighted by Gasteiger charge is -2.31. The molecule has 0 aliphatic rings. The lowest BCUT2D eigenvalue weighted by atomic mass is 10.0. The predicted octanol–water partition coefficient (Wildman–Crippen LogP) is 6.18. The van der Waals surface area contributed by atoms with Crippen LogP contribution in [0.2, 0.25) is 0 Å². The number of hydroxylamine groups is 4. The summed E-state index contributed by atoms with van der Waals surface area (Å²) in [6, 6.07) is 0. The van der Waals surface area contributed by atoms with Crippen molar-refractivity contribution in [1.82, 2.24) is 0 Å². The topological polar surface area (TPSA) is 60.7 Å². The summed E-state index contributed by atoms with van der Waals surface area (Å²) in [5.41, 5.74) is -1.52. The van der Waals surface area contributed by atoms with Crippen molar-refractivity contribution in [2.45, 2.75) is 123 Å². The Hall–Kier alpha value is -0.160. The summed E-state index contributed by atoms with van der Waals surface area (Å²) in [5.74, 6) is 0. The van der Waals surface area contributed by atoms with Gasteiger partial charge in [0.15, 0.2) is 0 Å². The number of hydrogen-bond acceptors (Lipinski definition) is 3. The van der Waals surface area contributed by atoms with Crippen LogP contribution in [0.4, 0.5) is 0 Å². The molecule has 0 atom stereocenters. The number of quaternary nitrogens is 1. The zero-order chi connectivity index (χ0) is 18.3. The van der Waals surface area contributed by atoms with E-state index in [0.29, 0.717) is 0 Å². The third kappa shape index (κ3) is 13.2. The molecule has 0 saturated heterocycles. The van der Waals surface area contributed by atoms with Crippen LogP contribution in [0.1, 0.15) is 117 Å². The molecule has 24 heavy (non-hydrogen) atoms. The molecule has 146 valence electrons. The summed E-state index contributed by atoms with van der Waals surface area (Å²) < 4.78 is 0. The molecule has 0 amide bonds. The first-order chi connectivity index (χ1) is 11.3. The zero-order valence-corrected chi connectivity index (χ0v) is 16.6. The molecule has 0 aliphatic heterocycles. The standard InChI is InChI=1S/C20H44NO3/c1-4-5-6-7-8-9-10-11-12-13-14-15-16-17-18-19-21(23,24)20(2,3)22/h22-24H,4-19H2,1-3H3/q+1. The summed E-state index contributed by atoms with van der Waals surface area (Å²) in [6.45, 7) is 5.28. The van der Waals surface area contributed by atoms with Crippen LogP contribution >= 0.6 is 0 Å². The quantitative estimate of drug-likeness (QED) is 0.127. The van der Waals surface area contributed by atoms with Gasteiger partial charge in [-0.15, -0.1) is 0 Å². The van der Waals surface area contributed by atoms with Crippen molar-refractivity contribution in [3.8, 4) is 0 Å². The van der Waals surface area contributed by atoms with Crippen molar-refractivity contribution in [1.29, 1.82) is 0 Å². The first-order valence-electron chi connectivity index (χ1n) is 10.4. The van der Waals surface area contributed by atoms with E-state index in [1.807, 2.05) is 0 Å². The summed E-state index contributed by atoms with van der Waals surface area (Å²) in [5, 5.41) is 29.0. The molecule has 0 aliphatic carbocycles. The van der Waals surface area contributed by atoms with Gasteiger partial charge in [-0.2, -0.15) is 10.4 Å². The van der Waals surface area contributed by atoms with E-state index >= 15 is 0 Å². The highest BCUT2D eigenvalue weighted by Crippen LogP contribution is 2.18. The molecule has 4 nitrogen and oxygen atoms in total. The molecule has 3 N–H and O–H groups in total. The smallest absolute Gasteiger partial charge is 0.256 e. The fraction of sp³-hybridized carbons (Fsp3) is 1.00. The van der Waals surface area contributed by atoms with Crippen molar-refractivity contribution >= 4 is 0 Å². The summed E-state index contributed by atoms with van der Waals surface area (Å²) in [7, 11) is 0. The zero-order valence-electron chi connectivity index (χ0n) is 16.6. The molecule has 0 unspecified atom stereocenters. The number of nitrogens with zero attached hydrogens (tertiary/aromatic N) is 1. The second kappa shape index (κ2) is 14.1. The van der Waals surface area contributed by atoms with Gasteiger partial charge in [0.05, 0.1) is 0 Å². The van der Waals surface area contributed by atoms with Crippen LogP contribution < -0.4 is 0 Å². The Morgan fingerprint density at radius 1 is 0.583 bits per heavy atom. The van der Waals surface area contributed by atoms with Crippen LogP contribution in [0.15, 0.2) is 0 Å². The average molecular weight is 347 g/mol. The van der Waals surface area contributed by atoms with Gasteiger partial charge in [-0.05, 0) is 11.2 Å². The molecule has 0 spiro atoms. The first-order valence-corrected chi connectivity index (χ1v) is 10.4. The molecule has 0 radical (unpaired) electrons. The Kier molecular flexibility index (Phi) is 14.0. The third-order valence-corrected chi connectivity index (χ3v) is 4.95. The number of unbranched alkanes of at least 4 members (excludes halogenated alkanes) is 14. The van der Waals surface area contributed by atoms with Gasteiger partial charge >= 0.3 is 0 Å². The van der Waals surface area contributed by atoms with Gasteiger partial charge in [0, 0.05) is 20.3 Å². The van der Waals surface area contributed by atoms with Gasteiger partial charge < -0.3 is 5.11 Å². The SMILES string of the molecule is CCCCCCCCCCCCCCCCC[N+](O)(O)C(C)(C)O. The van der Waals surface area contributed by atoms with Crippen molar-refractivity contribution in [3.63, 3.8) is 0 Å². The second-order valence-corrected chi connectivity index (χ2v) is 7.90. The van der Waals surface area contributed by atoms with E-state index in [4.69, 9.17) is 0 Å². The van der Waals surface area contributed by atoms with Crippen LogP contribution in [0.3, 0.4) is 0 Å². The lowest BCUT2D eigenvalue weighted by molar-refractivity contribution is -1.28. The Bertz CT molecular complexity index is 275. The predicted molar refractivity (Wildman–Crippen MR) is 99.9 cm³/mol. The summed E-state index contributed by atoms with van der Waals surface area (Å²) >= 11 is 0. The minimum absolute atomic E-state index is 0.182. The molecule has 0 aromatic rings. The lowest BCUT2D eigenvalue weighted by Crippen LogP contribution is -2.57. The molecular weight excluding hydrogens is 302 g/mol. The van der Waals surface area contributed by atoms with Gasteiger partial charge in [0.2, 0.25) is 0 Å². The van der Waals surface area contributed by atoms with Crippen molar-refractivity contribution in [2.75, 3.05) is 6.54 Å². The van der Waals surface area contributed by atoms with E-state index in [1.165, 1.54) is 90.9 Å². The maximum absolute atomic E-state index is 9.70. The fourth-order valence-corrected chi connectivity index (χ4v) is 2.98. The second-order valence-electron chi connectivity index (χ2n) is 7.90. The molecule has 4 heteroatoms. The fourth-order valence-electron chi connectivity index (χ4n) is 2.98. The van der Waals surface area contributed by atoms with E-state index in [2.05, 4.69) is 6.92 Å². The van der Waals surface area contributed by atoms with E-state index in [1.54, 1.807) is 0 Å². The average Bonchev–Trinajstić information content (AvgIpc) is 2.50. The van der Waals surface area contributed by atoms with Gasteiger partial charge in [-0.25, -0.2) is 0 Å². The van der Waals surface area contributed by atoms with Gasteiger partial charge in [-0.3, -0.25) is 0 Å². The highest BCUT2D eigenvalue weighted by atomic mass is 16.9. The first kappa shape index (κ1) is 23.8. The minimum Gasteiger partial charge on any atom is -0.338 e. The molecule has 0 saturated carbocycles. The van der Waals surface area contributed by atoms with Crippen LogP contribution in [-0.2, 0) is 0 Å². The summed E-state index contributed by atoms with van der Waals surface area (Å²) in [6.07, 6.45) is 19.3. The largest absolute Gasteiger partial charge is 0.338 e. The van der Waals surface area contributed by atoms with E-state index in [-0.39, 0.29) is 6.54 Å².